The minimum atomic E-state index is -3.60. The Kier molecular flexibility index (Phi) is 5.85. The van der Waals surface area contributed by atoms with Crippen LogP contribution in [0.2, 0.25) is 5.02 Å². The summed E-state index contributed by atoms with van der Waals surface area (Å²) in [5, 5.41) is 6.82. The van der Waals surface area contributed by atoms with Gasteiger partial charge in [0.2, 0.25) is 15.9 Å². The average molecular weight is 413 g/mol. The van der Waals surface area contributed by atoms with E-state index in [0.29, 0.717) is 42.8 Å². The van der Waals surface area contributed by atoms with Crippen LogP contribution in [0.25, 0.3) is 0 Å². The summed E-state index contributed by atoms with van der Waals surface area (Å²) >= 11 is 5.91. The van der Waals surface area contributed by atoms with Gasteiger partial charge >= 0.3 is 0 Å². The Morgan fingerprint density at radius 3 is 2.56 bits per heavy atom. The first-order valence-electron chi connectivity index (χ1n) is 8.51. The number of aromatic nitrogens is 1. The van der Waals surface area contributed by atoms with Crippen molar-refractivity contribution in [2.24, 2.45) is 0 Å². The summed E-state index contributed by atoms with van der Waals surface area (Å²) < 4.78 is 31.8. The van der Waals surface area contributed by atoms with Crippen molar-refractivity contribution in [2.75, 3.05) is 31.5 Å². The Hall–Kier alpha value is -1.94. The molecule has 2 heterocycles. The Morgan fingerprint density at radius 2 is 1.96 bits per heavy atom. The van der Waals surface area contributed by atoms with E-state index in [0.717, 1.165) is 0 Å². The van der Waals surface area contributed by atoms with Crippen LogP contribution in [-0.4, -0.2) is 60.9 Å². The van der Waals surface area contributed by atoms with E-state index >= 15 is 0 Å². The fraction of sp³-hybridized carbons (Fsp3) is 0.412. The Labute approximate surface area is 163 Å². The van der Waals surface area contributed by atoms with Crippen molar-refractivity contribution in [1.29, 1.82) is 0 Å². The van der Waals surface area contributed by atoms with Crippen molar-refractivity contribution < 1.29 is 17.7 Å². The van der Waals surface area contributed by atoms with Gasteiger partial charge in [-0.15, -0.1) is 0 Å². The highest BCUT2D eigenvalue weighted by Gasteiger charge is 2.32. The van der Waals surface area contributed by atoms with Crippen molar-refractivity contribution in [1.82, 2.24) is 14.4 Å². The topological polar surface area (TPSA) is 95.8 Å². The normalized spacial score (nSPS) is 17.6. The maximum absolute atomic E-state index is 12.7. The van der Waals surface area contributed by atoms with Crippen LogP contribution >= 0.6 is 11.6 Å². The zero-order valence-corrected chi connectivity index (χ0v) is 16.6. The number of carbonyl (C=O) groups is 1. The molecule has 1 N–H and O–H groups in total. The molecule has 0 radical (unpaired) electrons. The molecular weight excluding hydrogens is 392 g/mol. The molecule has 1 aliphatic rings. The second kappa shape index (κ2) is 7.97. The van der Waals surface area contributed by atoms with Gasteiger partial charge in [0, 0.05) is 37.3 Å². The summed E-state index contributed by atoms with van der Waals surface area (Å²) in [5.74, 6) is 0.763. The highest BCUT2D eigenvalue weighted by molar-refractivity contribution is 7.89. The lowest BCUT2D eigenvalue weighted by Crippen LogP contribution is -2.53. The molecule has 27 heavy (non-hydrogen) atoms. The molecule has 0 bridgehead atoms. The van der Waals surface area contributed by atoms with Gasteiger partial charge in [-0.25, -0.2) is 8.42 Å². The van der Waals surface area contributed by atoms with Gasteiger partial charge in [-0.05, 0) is 32.0 Å². The second-order valence-corrected chi connectivity index (χ2v) is 8.76. The van der Waals surface area contributed by atoms with E-state index in [-0.39, 0.29) is 10.8 Å². The molecule has 1 aromatic carbocycles. The highest BCUT2D eigenvalue weighted by atomic mass is 35.5. The van der Waals surface area contributed by atoms with Crippen molar-refractivity contribution in [3.05, 3.63) is 41.1 Å². The number of carbonyl (C=O) groups excluding carboxylic acids is 1. The van der Waals surface area contributed by atoms with Gasteiger partial charge in [-0.3, -0.25) is 9.69 Å². The molecule has 10 heteroatoms. The van der Waals surface area contributed by atoms with Crippen LogP contribution in [0.15, 0.2) is 39.8 Å². The number of piperazine rings is 1. The third kappa shape index (κ3) is 4.49. The standard InChI is InChI=1S/C17H21ClN4O4S/c1-12-10-16(20-26-12)19-17(23)13(2)21-6-8-22(9-7-21)27(24,25)15-5-3-4-14(18)11-15/h3-5,10-11,13H,6-9H2,1-2H3,(H,19,20,23)/t13-/m1/s1. The molecule has 0 saturated carbocycles. The number of halogens is 1. The third-order valence-corrected chi connectivity index (χ3v) is 6.64. The number of hydrogen-bond donors (Lipinski definition) is 1. The summed E-state index contributed by atoms with van der Waals surface area (Å²) in [5.41, 5.74) is 0. The fourth-order valence-corrected chi connectivity index (χ4v) is 4.65. The molecule has 1 saturated heterocycles. The number of aryl methyl sites for hydroxylation is 1. The quantitative estimate of drug-likeness (QED) is 0.806. The molecule has 1 aromatic heterocycles. The van der Waals surface area contributed by atoms with Crippen molar-refractivity contribution >= 4 is 33.3 Å². The van der Waals surface area contributed by atoms with Crippen LogP contribution in [-0.2, 0) is 14.8 Å². The van der Waals surface area contributed by atoms with Crippen LogP contribution in [0.3, 0.4) is 0 Å². The number of rotatable bonds is 5. The lowest BCUT2D eigenvalue weighted by Gasteiger charge is -2.36. The highest BCUT2D eigenvalue weighted by Crippen LogP contribution is 2.21. The van der Waals surface area contributed by atoms with Gasteiger partial charge < -0.3 is 9.84 Å². The summed E-state index contributed by atoms with van der Waals surface area (Å²) in [6.07, 6.45) is 0. The van der Waals surface area contributed by atoms with E-state index in [4.69, 9.17) is 16.1 Å². The molecule has 3 rings (SSSR count). The average Bonchev–Trinajstić information content (AvgIpc) is 3.06. The monoisotopic (exact) mass is 412 g/mol. The Balaban J connectivity index is 1.60. The molecular formula is C17H21ClN4O4S. The van der Waals surface area contributed by atoms with Crippen LogP contribution in [0.1, 0.15) is 12.7 Å². The maximum atomic E-state index is 12.7. The SMILES string of the molecule is Cc1cc(NC(=O)[C@@H](C)N2CCN(S(=O)(=O)c3cccc(Cl)c3)CC2)no1. The zero-order chi connectivity index (χ0) is 19.6. The summed E-state index contributed by atoms with van der Waals surface area (Å²) in [6, 6.07) is 7.44. The predicted molar refractivity (Wildman–Crippen MR) is 101 cm³/mol. The first kappa shape index (κ1) is 19.8. The van der Waals surface area contributed by atoms with Gasteiger partial charge in [0.25, 0.3) is 0 Å². The molecule has 0 aliphatic carbocycles. The summed E-state index contributed by atoms with van der Waals surface area (Å²) in [6.45, 7) is 5.03. The lowest BCUT2D eigenvalue weighted by atomic mass is 10.2. The van der Waals surface area contributed by atoms with E-state index < -0.39 is 16.1 Å². The molecule has 0 spiro atoms. The summed E-state index contributed by atoms with van der Waals surface area (Å²) in [4.78, 5) is 14.5. The van der Waals surface area contributed by atoms with E-state index in [9.17, 15) is 13.2 Å². The van der Waals surface area contributed by atoms with Gasteiger partial charge in [0.1, 0.15) is 5.76 Å². The molecule has 146 valence electrons. The van der Waals surface area contributed by atoms with E-state index in [1.165, 1.54) is 16.4 Å². The number of anilines is 1. The minimum absolute atomic E-state index is 0.177. The van der Waals surface area contributed by atoms with Gasteiger partial charge in [0.15, 0.2) is 5.82 Å². The van der Waals surface area contributed by atoms with Crippen molar-refractivity contribution in [3.8, 4) is 0 Å². The molecule has 1 amide bonds. The Morgan fingerprint density at radius 1 is 1.26 bits per heavy atom. The molecule has 1 atom stereocenters. The number of amides is 1. The van der Waals surface area contributed by atoms with Gasteiger partial charge in [-0.2, -0.15) is 4.31 Å². The lowest BCUT2D eigenvalue weighted by molar-refractivity contribution is -0.121. The van der Waals surface area contributed by atoms with Crippen LogP contribution in [0.5, 0.6) is 0 Å². The molecule has 8 nitrogen and oxygen atoms in total. The molecule has 2 aromatic rings. The fourth-order valence-electron chi connectivity index (χ4n) is 2.93. The number of sulfonamides is 1. The number of benzene rings is 1. The van der Waals surface area contributed by atoms with E-state index in [1.54, 1.807) is 32.0 Å². The zero-order valence-electron chi connectivity index (χ0n) is 15.1. The largest absolute Gasteiger partial charge is 0.360 e. The smallest absolute Gasteiger partial charge is 0.243 e. The third-order valence-electron chi connectivity index (χ3n) is 4.51. The molecule has 0 unspecified atom stereocenters. The maximum Gasteiger partial charge on any atom is 0.243 e. The van der Waals surface area contributed by atoms with Gasteiger partial charge in [0.05, 0.1) is 10.9 Å². The van der Waals surface area contributed by atoms with Crippen LogP contribution in [0, 0.1) is 6.92 Å². The first-order chi connectivity index (χ1) is 12.8. The number of hydrogen-bond acceptors (Lipinski definition) is 6. The minimum Gasteiger partial charge on any atom is -0.360 e. The number of nitrogens with zero attached hydrogens (tertiary/aromatic N) is 3. The molecule has 1 aliphatic heterocycles. The van der Waals surface area contributed by atoms with Crippen LogP contribution in [0.4, 0.5) is 5.82 Å². The van der Waals surface area contributed by atoms with Crippen molar-refractivity contribution in [2.45, 2.75) is 24.8 Å². The van der Waals surface area contributed by atoms with Gasteiger partial charge in [-0.1, -0.05) is 22.8 Å². The number of nitrogens with one attached hydrogen (secondary N) is 1. The summed E-state index contributed by atoms with van der Waals surface area (Å²) in [7, 11) is -3.60. The van der Waals surface area contributed by atoms with E-state index in [2.05, 4.69) is 10.5 Å². The van der Waals surface area contributed by atoms with E-state index in [1.807, 2.05) is 4.90 Å². The first-order valence-corrected chi connectivity index (χ1v) is 10.3. The van der Waals surface area contributed by atoms with Crippen LogP contribution < -0.4 is 5.32 Å². The molecule has 1 fully saturated rings. The second-order valence-electron chi connectivity index (χ2n) is 6.39. The Bertz CT molecular complexity index is 923. The predicted octanol–water partition coefficient (Wildman–Crippen LogP) is 1.97. The van der Waals surface area contributed by atoms with Crippen molar-refractivity contribution in [3.63, 3.8) is 0 Å².